The SMILES string of the molecule is Cc1ccc(O)c(C(=O)N(C)CCOCC2CC2)c1. The van der Waals surface area contributed by atoms with E-state index in [1.807, 2.05) is 6.92 Å². The normalized spacial score (nSPS) is 14.4. The van der Waals surface area contributed by atoms with Gasteiger partial charge in [-0.1, -0.05) is 11.6 Å². The lowest BCUT2D eigenvalue weighted by Gasteiger charge is -2.18. The van der Waals surface area contributed by atoms with E-state index in [4.69, 9.17) is 4.74 Å². The summed E-state index contributed by atoms with van der Waals surface area (Å²) in [7, 11) is 1.73. The molecule has 0 atom stereocenters. The molecule has 0 saturated heterocycles. The lowest BCUT2D eigenvalue weighted by molar-refractivity contribution is 0.0678. The molecule has 1 N–H and O–H groups in total. The van der Waals surface area contributed by atoms with Gasteiger partial charge in [0.1, 0.15) is 5.75 Å². The molecule has 0 aliphatic heterocycles. The highest BCUT2D eigenvalue weighted by atomic mass is 16.5. The Balaban J connectivity index is 1.84. The molecule has 0 unspecified atom stereocenters. The minimum atomic E-state index is -0.170. The highest BCUT2D eigenvalue weighted by molar-refractivity contribution is 5.96. The van der Waals surface area contributed by atoms with Crippen LogP contribution in [0, 0.1) is 12.8 Å². The fourth-order valence-corrected chi connectivity index (χ4v) is 1.86. The van der Waals surface area contributed by atoms with Gasteiger partial charge in [0.25, 0.3) is 5.91 Å². The van der Waals surface area contributed by atoms with E-state index in [0.29, 0.717) is 18.7 Å². The van der Waals surface area contributed by atoms with Gasteiger partial charge in [-0.3, -0.25) is 4.79 Å². The van der Waals surface area contributed by atoms with Crippen LogP contribution in [0.15, 0.2) is 18.2 Å². The molecule has 1 aromatic carbocycles. The van der Waals surface area contributed by atoms with Crippen LogP contribution in [-0.2, 0) is 4.74 Å². The first kappa shape index (κ1) is 13.9. The predicted molar refractivity (Wildman–Crippen MR) is 73.3 cm³/mol. The van der Waals surface area contributed by atoms with E-state index in [-0.39, 0.29) is 11.7 Å². The molecule has 4 heteroatoms. The molecule has 1 aliphatic rings. The van der Waals surface area contributed by atoms with Crippen LogP contribution in [-0.4, -0.2) is 42.7 Å². The Labute approximate surface area is 114 Å². The van der Waals surface area contributed by atoms with Crippen LogP contribution < -0.4 is 0 Å². The number of phenolic OH excluding ortho intramolecular Hbond substituents is 1. The van der Waals surface area contributed by atoms with Gasteiger partial charge >= 0.3 is 0 Å². The number of ether oxygens (including phenoxy) is 1. The number of rotatable bonds is 6. The van der Waals surface area contributed by atoms with E-state index in [1.54, 1.807) is 30.1 Å². The zero-order valence-electron chi connectivity index (χ0n) is 11.6. The van der Waals surface area contributed by atoms with Crippen molar-refractivity contribution in [3.05, 3.63) is 29.3 Å². The van der Waals surface area contributed by atoms with Gasteiger partial charge in [-0.25, -0.2) is 0 Å². The molecule has 0 radical (unpaired) electrons. The van der Waals surface area contributed by atoms with Crippen molar-refractivity contribution in [1.29, 1.82) is 0 Å². The molecular weight excluding hydrogens is 242 g/mol. The van der Waals surface area contributed by atoms with Crippen LogP contribution in [0.5, 0.6) is 5.75 Å². The molecule has 19 heavy (non-hydrogen) atoms. The van der Waals surface area contributed by atoms with Crippen molar-refractivity contribution in [3.8, 4) is 5.75 Å². The molecule has 0 spiro atoms. The van der Waals surface area contributed by atoms with Gasteiger partial charge in [0.15, 0.2) is 0 Å². The maximum atomic E-state index is 12.2. The second-order valence-electron chi connectivity index (χ2n) is 5.27. The van der Waals surface area contributed by atoms with Gasteiger partial charge < -0.3 is 14.7 Å². The summed E-state index contributed by atoms with van der Waals surface area (Å²) in [5, 5.41) is 9.73. The number of carbonyl (C=O) groups is 1. The van der Waals surface area contributed by atoms with Gasteiger partial charge in [-0.15, -0.1) is 0 Å². The molecule has 2 rings (SSSR count). The number of benzene rings is 1. The smallest absolute Gasteiger partial charge is 0.257 e. The third-order valence-corrected chi connectivity index (χ3v) is 3.35. The zero-order chi connectivity index (χ0) is 13.8. The minimum absolute atomic E-state index is 0.0290. The molecule has 0 aromatic heterocycles. The first-order valence-electron chi connectivity index (χ1n) is 6.70. The van der Waals surface area contributed by atoms with Crippen molar-refractivity contribution in [2.75, 3.05) is 26.8 Å². The van der Waals surface area contributed by atoms with Gasteiger partial charge in [0.05, 0.1) is 12.2 Å². The topological polar surface area (TPSA) is 49.8 Å². The van der Waals surface area contributed by atoms with Gasteiger partial charge in [0.2, 0.25) is 0 Å². The summed E-state index contributed by atoms with van der Waals surface area (Å²) >= 11 is 0. The Hall–Kier alpha value is -1.55. The number of carbonyl (C=O) groups excluding carboxylic acids is 1. The van der Waals surface area contributed by atoms with E-state index in [0.717, 1.165) is 18.1 Å². The summed E-state index contributed by atoms with van der Waals surface area (Å²) in [6.45, 7) is 3.79. The molecule has 1 fully saturated rings. The fourth-order valence-electron chi connectivity index (χ4n) is 1.86. The third kappa shape index (κ3) is 3.96. The summed E-state index contributed by atoms with van der Waals surface area (Å²) in [6, 6.07) is 5.05. The Kier molecular flexibility index (Phi) is 4.43. The van der Waals surface area contributed by atoms with E-state index in [2.05, 4.69) is 0 Å². The quantitative estimate of drug-likeness (QED) is 0.800. The molecule has 1 saturated carbocycles. The molecule has 4 nitrogen and oxygen atoms in total. The zero-order valence-corrected chi connectivity index (χ0v) is 11.6. The second-order valence-corrected chi connectivity index (χ2v) is 5.27. The van der Waals surface area contributed by atoms with Crippen LogP contribution in [0.3, 0.4) is 0 Å². The Bertz CT molecular complexity index is 455. The maximum absolute atomic E-state index is 12.2. The second kappa shape index (κ2) is 6.06. The van der Waals surface area contributed by atoms with Crippen LogP contribution in [0.1, 0.15) is 28.8 Å². The Morgan fingerprint density at radius 1 is 1.47 bits per heavy atom. The summed E-state index contributed by atoms with van der Waals surface area (Å²) in [4.78, 5) is 13.8. The lowest BCUT2D eigenvalue weighted by Crippen LogP contribution is -2.30. The van der Waals surface area contributed by atoms with Crippen molar-refractivity contribution in [3.63, 3.8) is 0 Å². The highest BCUT2D eigenvalue weighted by Crippen LogP contribution is 2.28. The van der Waals surface area contributed by atoms with Crippen LogP contribution >= 0.6 is 0 Å². The van der Waals surface area contributed by atoms with E-state index in [1.165, 1.54) is 12.8 Å². The number of hydrogen-bond acceptors (Lipinski definition) is 3. The first-order chi connectivity index (χ1) is 9.08. The molecule has 0 heterocycles. The average Bonchev–Trinajstić information content (AvgIpc) is 3.20. The Morgan fingerprint density at radius 3 is 2.89 bits per heavy atom. The number of aryl methyl sites for hydroxylation is 1. The van der Waals surface area contributed by atoms with Crippen molar-refractivity contribution < 1.29 is 14.6 Å². The van der Waals surface area contributed by atoms with Crippen LogP contribution in [0.4, 0.5) is 0 Å². The van der Waals surface area contributed by atoms with Gasteiger partial charge in [0, 0.05) is 20.2 Å². The monoisotopic (exact) mass is 263 g/mol. The van der Waals surface area contributed by atoms with E-state index >= 15 is 0 Å². The van der Waals surface area contributed by atoms with Crippen molar-refractivity contribution in [2.45, 2.75) is 19.8 Å². The molecule has 104 valence electrons. The number of amides is 1. The van der Waals surface area contributed by atoms with Gasteiger partial charge in [-0.2, -0.15) is 0 Å². The summed E-state index contributed by atoms with van der Waals surface area (Å²) in [6.07, 6.45) is 2.54. The first-order valence-corrected chi connectivity index (χ1v) is 6.70. The van der Waals surface area contributed by atoms with Crippen LogP contribution in [0.25, 0.3) is 0 Å². The van der Waals surface area contributed by atoms with E-state index < -0.39 is 0 Å². The average molecular weight is 263 g/mol. The molecule has 1 aliphatic carbocycles. The van der Waals surface area contributed by atoms with Crippen LogP contribution in [0.2, 0.25) is 0 Å². The summed E-state index contributed by atoms with van der Waals surface area (Å²) in [5.41, 5.74) is 1.31. The Morgan fingerprint density at radius 2 is 2.21 bits per heavy atom. The number of phenols is 1. The maximum Gasteiger partial charge on any atom is 0.257 e. The number of aromatic hydroxyl groups is 1. The van der Waals surface area contributed by atoms with Crippen molar-refractivity contribution in [2.24, 2.45) is 5.92 Å². The fraction of sp³-hybridized carbons (Fsp3) is 0.533. The molecule has 1 aromatic rings. The molecule has 1 amide bonds. The summed E-state index contributed by atoms with van der Waals surface area (Å²) < 4.78 is 5.51. The minimum Gasteiger partial charge on any atom is -0.507 e. The van der Waals surface area contributed by atoms with Crippen molar-refractivity contribution >= 4 is 5.91 Å². The van der Waals surface area contributed by atoms with Gasteiger partial charge in [-0.05, 0) is 37.8 Å². The largest absolute Gasteiger partial charge is 0.507 e. The molecular formula is C15H21NO3. The standard InChI is InChI=1S/C15H21NO3/c1-11-3-6-14(17)13(9-11)15(18)16(2)7-8-19-10-12-4-5-12/h3,6,9,12,17H,4-5,7-8,10H2,1-2H3. The molecule has 0 bridgehead atoms. The van der Waals surface area contributed by atoms with E-state index in [9.17, 15) is 9.90 Å². The lowest BCUT2D eigenvalue weighted by atomic mass is 10.1. The highest BCUT2D eigenvalue weighted by Gasteiger charge is 2.21. The number of nitrogens with zero attached hydrogens (tertiary/aromatic N) is 1. The number of hydrogen-bond donors (Lipinski definition) is 1. The predicted octanol–water partition coefficient (Wildman–Crippen LogP) is 2.20. The number of likely N-dealkylation sites (N-methyl/N-ethyl adjacent to an activating group) is 1. The summed E-state index contributed by atoms with van der Waals surface area (Å²) in [5.74, 6) is 0.597. The van der Waals surface area contributed by atoms with Crippen molar-refractivity contribution in [1.82, 2.24) is 4.90 Å². The third-order valence-electron chi connectivity index (χ3n) is 3.35.